The standard InChI is InChI=1S/C24H18BrN4S.CH4O4S/c1-28-16-21(25)30-24(28)27-26-22-19-14-8-9-15-20(19)29(18-12-6-3-7-13-18)23(22)17-10-4-2-5-11-17;1-5-6(2,3)4/h2-16H,1H3;1H3,(H,2,3,4)/q+1;/p-1. The quantitative estimate of drug-likeness (QED) is 0.102. The third-order valence-corrected chi connectivity index (χ3v) is 7.09. The summed E-state index contributed by atoms with van der Waals surface area (Å²) in [6.07, 6.45) is 1.99. The Balaban J connectivity index is 0.000000455. The van der Waals surface area contributed by atoms with E-state index >= 15 is 0 Å². The van der Waals surface area contributed by atoms with Crippen molar-refractivity contribution >= 4 is 59.4 Å². The van der Waals surface area contributed by atoms with Crippen LogP contribution in [0.1, 0.15) is 0 Å². The van der Waals surface area contributed by atoms with Crippen molar-refractivity contribution < 1.29 is 21.7 Å². The van der Waals surface area contributed by atoms with Gasteiger partial charge in [-0.25, -0.2) is 13.0 Å². The van der Waals surface area contributed by atoms with Gasteiger partial charge in [0.05, 0.1) is 30.5 Å². The molecule has 36 heavy (non-hydrogen) atoms. The lowest BCUT2D eigenvalue weighted by Crippen LogP contribution is -2.23. The molecule has 8 nitrogen and oxygen atoms in total. The number of azo groups is 1. The van der Waals surface area contributed by atoms with Gasteiger partial charge in [-0.2, -0.15) is 0 Å². The highest BCUT2D eigenvalue weighted by atomic mass is 79.9. The lowest BCUT2D eigenvalue weighted by Gasteiger charge is -2.11. The Morgan fingerprint density at radius 1 is 0.944 bits per heavy atom. The Morgan fingerprint density at radius 2 is 1.53 bits per heavy atom. The van der Waals surface area contributed by atoms with E-state index in [4.69, 9.17) is 5.11 Å². The van der Waals surface area contributed by atoms with Crippen LogP contribution in [0.4, 0.5) is 10.8 Å². The van der Waals surface area contributed by atoms with E-state index in [1.54, 1.807) is 11.3 Å². The number of fused-ring (bicyclic) bond motifs is 1. The summed E-state index contributed by atoms with van der Waals surface area (Å²) in [6.45, 7) is 0. The molecule has 0 radical (unpaired) electrons. The molecule has 0 saturated carbocycles. The van der Waals surface area contributed by atoms with Crippen LogP contribution in [-0.4, -0.2) is 24.6 Å². The number of aryl methyl sites for hydroxylation is 1. The van der Waals surface area contributed by atoms with Crippen LogP contribution in [-0.2, 0) is 21.6 Å². The van der Waals surface area contributed by atoms with Gasteiger partial charge in [-0.15, -0.1) is 0 Å². The van der Waals surface area contributed by atoms with Crippen molar-refractivity contribution in [1.29, 1.82) is 0 Å². The summed E-state index contributed by atoms with van der Waals surface area (Å²) in [5.41, 5.74) is 5.20. The normalized spacial score (nSPS) is 11.6. The van der Waals surface area contributed by atoms with Crippen LogP contribution in [0.15, 0.2) is 105 Å². The van der Waals surface area contributed by atoms with Crippen LogP contribution in [0.3, 0.4) is 0 Å². The maximum Gasteiger partial charge on any atom is 0.409 e. The molecular formula is C25H21BrN4O4S2. The number of halogens is 1. The van der Waals surface area contributed by atoms with Crippen LogP contribution in [0.25, 0.3) is 27.8 Å². The average Bonchev–Trinajstić information content (AvgIpc) is 3.39. The largest absolute Gasteiger partial charge is 0.726 e. The third-order valence-electron chi connectivity index (χ3n) is 5.13. The number of aromatic nitrogens is 2. The number of benzene rings is 3. The number of para-hydroxylation sites is 2. The maximum absolute atomic E-state index is 9.22. The minimum atomic E-state index is -4.41. The lowest BCUT2D eigenvalue weighted by molar-refractivity contribution is -0.654. The van der Waals surface area contributed by atoms with E-state index in [-0.39, 0.29) is 0 Å². The van der Waals surface area contributed by atoms with Crippen LogP contribution in [0, 0.1) is 0 Å². The molecule has 0 aliphatic rings. The molecule has 0 unspecified atom stereocenters. The second kappa shape index (κ2) is 11.2. The van der Waals surface area contributed by atoms with E-state index in [1.807, 2.05) is 36.0 Å². The highest BCUT2D eigenvalue weighted by Gasteiger charge is 2.22. The van der Waals surface area contributed by atoms with Crippen LogP contribution < -0.4 is 4.57 Å². The zero-order valence-electron chi connectivity index (χ0n) is 19.3. The van der Waals surface area contributed by atoms with Crippen LogP contribution in [0.2, 0.25) is 0 Å². The van der Waals surface area contributed by atoms with Crippen molar-refractivity contribution in [1.82, 2.24) is 4.57 Å². The highest BCUT2D eigenvalue weighted by molar-refractivity contribution is 9.11. The van der Waals surface area contributed by atoms with Gasteiger partial charge in [-0.05, 0) is 50.6 Å². The van der Waals surface area contributed by atoms with Crippen molar-refractivity contribution in [2.45, 2.75) is 0 Å². The van der Waals surface area contributed by atoms with Crippen molar-refractivity contribution in [3.05, 3.63) is 94.9 Å². The molecular weight excluding hydrogens is 564 g/mol. The third kappa shape index (κ3) is 5.94. The van der Waals surface area contributed by atoms with Crippen molar-refractivity contribution in [3.8, 4) is 16.9 Å². The van der Waals surface area contributed by atoms with E-state index in [9.17, 15) is 13.0 Å². The average molecular weight is 586 g/mol. The number of rotatable bonds is 5. The molecule has 0 N–H and O–H groups in total. The molecule has 0 aliphatic heterocycles. The summed E-state index contributed by atoms with van der Waals surface area (Å²) in [5.74, 6) is 0. The van der Waals surface area contributed by atoms with Gasteiger partial charge in [0.2, 0.25) is 10.4 Å². The second-order valence-corrected chi connectivity index (χ2v) is 11.0. The summed E-state index contributed by atoms with van der Waals surface area (Å²) in [4.78, 5) is 0. The summed E-state index contributed by atoms with van der Waals surface area (Å²) >= 11 is 5.08. The molecule has 3 aromatic carbocycles. The number of thiazole rings is 1. The van der Waals surface area contributed by atoms with Gasteiger partial charge in [-0.1, -0.05) is 66.7 Å². The van der Waals surface area contributed by atoms with E-state index < -0.39 is 10.4 Å². The molecule has 2 aromatic heterocycles. The predicted octanol–water partition coefficient (Wildman–Crippen LogP) is 6.45. The fourth-order valence-corrected chi connectivity index (χ4v) is 5.01. The predicted molar refractivity (Wildman–Crippen MR) is 143 cm³/mol. The lowest BCUT2D eigenvalue weighted by atomic mass is 10.1. The van der Waals surface area contributed by atoms with Gasteiger partial charge < -0.3 is 9.12 Å². The van der Waals surface area contributed by atoms with E-state index in [0.717, 1.165) is 49.6 Å². The Labute approximate surface area is 221 Å². The van der Waals surface area contributed by atoms with E-state index in [0.29, 0.717) is 0 Å². The SMILES string of the molecule is COS(=O)(=O)[O-].C[n+]1cc(Br)sc1N=Nc1c(-c2ccccc2)n(-c2ccccc2)c2ccccc12. The Morgan fingerprint density at radius 3 is 2.11 bits per heavy atom. The second-order valence-electron chi connectivity index (χ2n) is 7.46. The molecule has 0 saturated heterocycles. The molecule has 184 valence electrons. The first-order valence-corrected chi connectivity index (χ1v) is 13.5. The van der Waals surface area contributed by atoms with Crippen molar-refractivity contribution in [3.63, 3.8) is 0 Å². The molecule has 2 heterocycles. The molecule has 0 aliphatic carbocycles. The maximum atomic E-state index is 9.22. The van der Waals surface area contributed by atoms with Gasteiger partial charge in [0.15, 0.2) is 0 Å². The van der Waals surface area contributed by atoms with Crippen molar-refractivity contribution in [2.75, 3.05) is 7.11 Å². The van der Waals surface area contributed by atoms with Crippen LogP contribution in [0.5, 0.6) is 0 Å². The van der Waals surface area contributed by atoms with Gasteiger partial charge in [0.1, 0.15) is 15.7 Å². The first kappa shape index (κ1) is 25.9. The van der Waals surface area contributed by atoms with Gasteiger partial charge in [0.25, 0.3) is 0 Å². The zero-order valence-corrected chi connectivity index (χ0v) is 22.5. The summed E-state index contributed by atoms with van der Waals surface area (Å²) in [7, 11) is -1.63. The molecule has 0 atom stereocenters. The summed E-state index contributed by atoms with van der Waals surface area (Å²) in [5, 5.41) is 11.3. The number of hydrogen-bond acceptors (Lipinski definition) is 7. The monoisotopic (exact) mass is 584 g/mol. The molecule has 0 fully saturated rings. The van der Waals surface area contributed by atoms with Gasteiger partial charge >= 0.3 is 5.13 Å². The van der Waals surface area contributed by atoms with E-state index in [2.05, 4.69) is 96.5 Å². The minimum Gasteiger partial charge on any atom is -0.726 e. The summed E-state index contributed by atoms with van der Waals surface area (Å²) in [6, 6.07) is 29.1. The molecule has 5 aromatic rings. The van der Waals surface area contributed by atoms with Crippen LogP contribution >= 0.6 is 27.3 Å². The highest BCUT2D eigenvalue weighted by Crippen LogP contribution is 2.42. The Hall–Kier alpha value is -3.22. The first-order valence-electron chi connectivity index (χ1n) is 10.6. The Kier molecular flexibility index (Phi) is 8.07. The fraction of sp³-hybridized carbons (Fsp3) is 0.0800. The van der Waals surface area contributed by atoms with E-state index in [1.165, 1.54) is 0 Å². The zero-order chi connectivity index (χ0) is 25.7. The molecule has 0 spiro atoms. The molecule has 5 rings (SSSR count). The minimum absolute atomic E-state index is 0.808. The topological polar surface area (TPSA) is 100.0 Å². The van der Waals surface area contributed by atoms with Gasteiger partial charge in [-0.3, -0.25) is 4.18 Å². The first-order chi connectivity index (χ1) is 17.3. The number of hydrogen-bond donors (Lipinski definition) is 0. The smallest absolute Gasteiger partial charge is 0.409 e. The molecule has 0 bridgehead atoms. The number of nitrogens with zero attached hydrogens (tertiary/aromatic N) is 4. The summed E-state index contributed by atoms with van der Waals surface area (Å²) < 4.78 is 36.3. The molecule has 11 heteroatoms. The molecule has 0 amide bonds. The fourth-order valence-electron chi connectivity index (χ4n) is 3.61. The Bertz CT molecular complexity index is 1620. The van der Waals surface area contributed by atoms with Crippen molar-refractivity contribution in [2.24, 2.45) is 17.3 Å². The van der Waals surface area contributed by atoms with Gasteiger partial charge in [0, 0.05) is 16.6 Å².